The highest BCUT2D eigenvalue weighted by molar-refractivity contribution is 4.76. The molecule has 90 valence electrons. The van der Waals surface area contributed by atoms with Gasteiger partial charge in [0.05, 0.1) is 6.10 Å². The summed E-state index contributed by atoms with van der Waals surface area (Å²) in [6.45, 7) is 5.28. The Labute approximate surface area is 94.7 Å². The van der Waals surface area contributed by atoms with Crippen LogP contribution in [0.25, 0.3) is 0 Å². The van der Waals surface area contributed by atoms with Crippen molar-refractivity contribution in [3.63, 3.8) is 0 Å². The minimum absolute atomic E-state index is 0.107. The van der Waals surface area contributed by atoms with E-state index in [1.165, 1.54) is 32.1 Å². The maximum Gasteiger partial charge on any atom is 0.0695 e. The Hall–Kier alpha value is -0.0800. The fourth-order valence-corrected chi connectivity index (χ4v) is 2.45. The van der Waals surface area contributed by atoms with Crippen LogP contribution in [0.5, 0.6) is 0 Å². The lowest BCUT2D eigenvalue weighted by Crippen LogP contribution is -2.39. The molecule has 0 aromatic rings. The summed E-state index contributed by atoms with van der Waals surface area (Å²) in [4.78, 5) is 2.29. The van der Waals surface area contributed by atoms with E-state index < -0.39 is 0 Å². The summed E-state index contributed by atoms with van der Waals surface area (Å²) in [6, 6.07) is 0.586. The van der Waals surface area contributed by atoms with Crippen LogP contribution in [0.4, 0.5) is 0 Å². The summed E-state index contributed by atoms with van der Waals surface area (Å²) in [5.74, 6) is 0.560. The molecule has 0 aromatic heterocycles. The van der Waals surface area contributed by atoms with Gasteiger partial charge >= 0.3 is 0 Å². The number of aliphatic hydroxyl groups is 1. The molecule has 1 aliphatic carbocycles. The average Bonchev–Trinajstić information content (AvgIpc) is 2.29. The van der Waals surface area contributed by atoms with Crippen molar-refractivity contribution in [3.8, 4) is 0 Å². The second-order valence-corrected chi connectivity index (χ2v) is 5.16. The molecule has 0 bridgehead atoms. The van der Waals surface area contributed by atoms with Crippen molar-refractivity contribution in [1.82, 2.24) is 4.90 Å². The Balaban J connectivity index is 2.29. The molecular formula is C13H27NO. The first kappa shape index (κ1) is 13.0. The van der Waals surface area contributed by atoms with Crippen LogP contribution in [0.3, 0.4) is 0 Å². The van der Waals surface area contributed by atoms with Gasteiger partial charge in [-0.1, -0.05) is 26.2 Å². The molecule has 2 atom stereocenters. The molecule has 0 radical (unpaired) electrons. The van der Waals surface area contributed by atoms with Crippen LogP contribution in [-0.4, -0.2) is 35.7 Å². The molecule has 0 aromatic carbocycles. The number of hydrogen-bond donors (Lipinski definition) is 1. The Morgan fingerprint density at radius 1 is 1.27 bits per heavy atom. The highest BCUT2D eigenvalue weighted by Gasteiger charge is 2.23. The molecular weight excluding hydrogens is 186 g/mol. The Morgan fingerprint density at radius 2 is 1.87 bits per heavy atom. The molecule has 0 amide bonds. The van der Waals surface area contributed by atoms with Gasteiger partial charge in [-0.3, -0.25) is 0 Å². The van der Waals surface area contributed by atoms with E-state index in [9.17, 15) is 5.11 Å². The Morgan fingerprint density at radius 3 is 2.40 bits per heavy atom. The monoisotopic (exact) mass is 213 g/mol. The first-order chi connectivity index (χ1) is 7.15. The van der Waals surface area contributed by atoms with Gasteiger partial charge in [-0.15, -0.1) is 0 Å². The van der Waals surface area contributed by atoms with Crippen molar-refractivity contribution in [2.24, 2.45) is 5.92 Å². The number of nitrogens with zero attached hydrogens (tertiary/aromatic N) is 1. The van der Waals surface area contributed by atoms with Gasteiger partial charge in [0, 0.05) is 12.6 Å². The van der Waals surface area contributed by atoms with E-state index in [1.807, 2.05) is 0 Å². The van der Waals surface area contributed by atoms with Crippen molar-refractivity contribution in [2.75, 3.05) is 13.6 Å². The average molecular weight is 213 g/mol. The Kier molecular flexibility index (Phi) is 5.62. The first-order valence-electron chi connectivity index (χ1n) is 6.53. The van der Waals surface area contributed by atoms with Gasteiger partial charge in [0.15, 0.2) is 0 Å². The van der Waals surface area contributed by atoms with Gasteiger partial charge in [-0.05, 0) is 39.2 Å². The fourth-order valence-electron chi connectivity index (χ4n) is 2.45. The zero-order chi connectivity index (χ0) is 11.3. The molecule has 0 aliphatic heterocycles. The van der Waals surface area contributed by atoms with E-state index >= 15 is 0 Å². The van der Waals surface area contributed by atoms with E-state index in [2.05, 4.69) is 25.8 Å². The summed E-state index contributed by atoms with van der Waals surface area (Å²) in [5, 5.41) is 10.1. The molecule has 0 saturated heterocycles. The van der Waals surface area contributed by atoms with Gasteiger partial charge < -0.3 is 10.0 Å². The van der Waals surface area contributed by atoms with Crippen LogP contribution >= 0.6 is 0 Å². The third-order valence-electron chi connectivity index (χ3n) is 4.01. The van der Waals surface area contributed by atoms with Gasteiger partial charge in [0.25, 0.3) is 0 Å². The number of aliphatic hydroxyl groups excluding tert-OH is 1. The standard InChI is InChI=1S/C13H27NO/c1-4-11(2)14(3)10-13(15)12-8-6-5-7-9-12/h11-13,15H,4-10H2,1-3H3. The maximum atomic E-state index is 10.1. The normalized spacial score (nSPS) is 23.0. The molecule has 2 unspecified atom stereocenters. The number of hydrogen-bond acceptors (Lipinski definition) is 2. The molecule has 1 fully saturated rings. The van der Waals surface area contributed by atoms with E-state index in [-0.39, 0.29) is 6.10 Å². The van der Waals surface area contributed by atoms with Crippen molar-refractivity contribution >= 4 is 0 Å². The van der Waals surface area contributed by atoms with E-state index in [0.717, 1.165) is 13.0 Å². The summed E-state index contributed by atoms with van der Waals surface area (Å²) < 4.78 is 0. The molecule has 0 spiro atoms. The van der Waals surface area contributed by atoms with Gasteiger partial charge in [-0.25, -0.2) is 0 Å². The van der Waals surface area contributed by atoms with Gasteiger partial charge in [0.1, 0.15) is 0 Å². The minimum atomic E-state index is -0.107. The maximum absolute atomic E-state index is 10.1. The van der Waals surface area contributed by atoms with Gasteiger partial charge in [-0.2, -0.15) is 0 Å². The van der Waals surface area contributed by atoms with Gasteiger partial charge in [0.2, 0.25) is 0 Å². The van der Waals surface area contributed by atoms with Crippen LogP contribution in [-0.2, 0) is 0 Å². The van der Waals surface area contributed by atoms with Crippen molar-refractivity contribution in [3.05, 3.63) is 0 Å². The van der Waals surface area contributed by atoms with Crippen LogP contribution in [0.15, 0.2) is 0 Å². The van der Waals surface area contributed by atoms with E-state index in [1.54, 1.807) is 0 Å². The van der Waals surface area contributed by atoms with Crippen LogP contribution < -0.4 is 0 Å². The van der Waals surface area contributed by atoms with Crippen LogP contribution in [0.2, 0.25) is 0 Å². The molecule has 1 aliphatic rings. The van der Waals surface area contributed by atoms with E-state index in [0.29, 0.717) is 12.0 Å². The number of rotatable bonds is 5. The molecule has 2 nitrogen and oxygen atoms in total. The lowest BCUT2D eigenvalue weighted by molar-refractivity contribution is 0.0447. The predicted molar refractivity (Wildman–Crippen MR) is 65.0 cm³/mol. The first-order valence-corrected chi connectivity index (χ1v) is 6.53. The summed E-state index contributed by atoms with van der Waals surface area (Å²) in [6.07, 6.45) is 7.51. The lowest BCUT2D eigenvalue weighted by Gasteiger charge is -2.32. The highest BCUT2D eigenvalue weighted by atomic mass is 16.3. The smallest absolute Gasteiger partial charge is 0.0695 e. The van der Waals surface area contributed by atoms with Crippen molar-refractivity contribution in [1.29, 1.82) is 0 Å². The number of likely N-dealkylation sites (N-methyl/N-ethyl adjacent to an activating group) is 1. The summed E-state index contributed by atoms with van der Waals surface area (Å²) in [5.41, 5.74) is 0. The third-order valence-corrected chi connectivity index (χ3v) is 4.01. The highest BCUT2D eigenvalue weighted by Crippen LogP contribution is 2.26. The largest absolute Gasteiger partial charge is 0.392 e. The van der Waals surface area contributed by atoms with E-state index in [4.69, 9.17) is 0 Å². The third kappa shape index (κ3) is 4.12. The SMILES string of the molecule is CCC(C)N(C)CC(O)C1CCCCC1. The topological polar surface area (TPSA) is 23.5 Å². The molecule has 15 heavy (non-hydrogen) atoms. The van der Waals surface area contributed by atoms with Crippen LogP contribution in [0, 0.1) is 5.92 Å². The summed E-state index contributed by atoms with van der Waals surface area (Å²) in [7, 11) is 2.13. The Bertz CT molecular complexity index is 166. The predicted octanol–water partition coefficient (Wildman–Crippen LogP) is 2.66. The zero-order valence-corrected chi connectivity index (χ0v) is 10.6. The van der Waals surface area contributed by atoms with Crippen molar-refractivity contribution < 1.29 is 5.11 Å². The summed E-state index contributed by atoms with van der Waals surface area (Å²) >= 11 is 0. The minimum Gasteiger partial charge on any atom is -0.392 e. The van der Waals surface area contributed by atoms with Crippen molar-refractivity contribution in [2.45, 2.75) is 64.5 Å². The molecule has 1 N–H and O–H groups in total. The second kappa shape index (κ2) is 6.49. The lowest BCUT2D eigenvalue weighted by atomic mass is 9.85. The molecule has 2 heteroatoms. The van der Waals surface area contributed by atoms with Crippen LogP contribution in [0.1, 0.15) is 52.4 Å². The molecule has 0 heterocycles. The molecule has 1 saturated carbocycles. The second-order valence-electron chi connectivity index (χ2n) is 5.16. The molecule has 1 rings (SSSR count). The fraction of sp³-hybridized carbons (Fsp3) is 1.00. The zero-order valence-electron chi connectivity index (χ0n) is 10.6. The quantitative estimate of drug-likeness (QED) is 0.759.